The molecule has 2 aromatic rings. The number of benzene rings is 1. The summed E-state index contributed by atoms with van der Waals surface area (Å²) in [7, 11) is 0. The van der Waals surface area contributed by atoms with Crippen LogP contribution in [-0.2, 0) is 24.2 Å². The lowest BCUT2D eigenvalue weighted by molar-refractivity contribution is -0.125. The molecule has 1 aromatic carbocycles. The molecule has 1 atom stereocenters. The molecule has 2 heterocycles. The number of hydrogen-bond acceptors (Lipinski definition) is 5. The van der Waals surface area contributed by atoms with Crippen LogP contribution in [0.5, 0.6) is 0 Å². The Bertz CT molecular complexity index is 901. The summed E-state index contributed by atoms with van der Waals surface area (Å²) in [5.41, 5.74) is 4.63. The lowest BCUT2D eigenvalue weighted by Crippen LogP contribution is -2.36. The van der Waals surface area contributed by atoms with E-state index in [-0.39, 0.29) is 11.8 Å². The van der Waals surface area contributed by atoms with Crippen molar-refractivity contribution in [2.45, 2.75) is 59.4 Å². The van der Waals surface area contributed by atoms with Gasteiger partial charge in [0.2, 0.25) is 11.9 Å². The van der Waals surface area contributed by atoms with Crippen LogP contribution in [0.15, 0.2) is 30.5 Å². The van der Waals surface area contributed by atoms with Crippen LogP contribution in [0.25, 0.3) is 0 Å². The molecule has 1 aliphatic carbocycles. The molecule has 0 spiro atoms. The van der Waals surface area contributed by atoms with Crippen molar-refractivity contribution in [1.82, 2.24) is 15.3 Å². The minimum atomic E-state index is 0.00253. The first-order valence-corrected chi connectivity index (χ1v) is 12.3. The highest BCUT2D eigenvalue weighted by Crippen LogP contribution is 2.27. The number of nitrogens with one attached hydrogen (secondary N) is 1. The second kappa shape index (κ2) is 10.3. The Morgan fingerprint density at radius 1 is 1.12 bits per heavy atom. The topological polar surface area (TPSA) is 61.4 Å². The number of aryl methyl sites for hydroxylation is 1. The van der Waals surface area contributed by atoms with Crippen molar-refractivity contribution in [1.29, 1.82) is 0 Å². The first kappa shape index (κ1) is 22.6. The van der Waals surface area contributed by atoms with Gasteiger partial charge in [-0.05, 0) is 75.1 Å². The van der Waals surface area contributed by atoms with Gasteiger partial charge in [-0.25, -0.2) is 9.97 Å². The molecule has 32 heavy (non-hydrogen) atoms. The summed E-state index contributed by atoms with van der Waals surface area (Å²) in [4.78, 5) is 27.0. The third-order valence-corrected chi connectivity index (χ3v) is 7.11. The van der Waals surface area contributed by atoms with Gasteiger partial charge in [-0.3, -0.25) is 4.79 Å². The summed E-state index contributed by atoms with van der Waals surface area (Å²) in [6, 6.07) is 8.51. The lowest BCUT2D eigenvalue weighted by atomic mass is 9.86. The predicted molar refractivity (Wildman–Crippen MR) is 130 cm³/mol. The minimum Gasteiger partial charge on any atom is -0.372 e. The maximum atomic E-state index is 12.8. The Labute approximate surface area is 192 Å². The van der Waals surface area contributed by atoms with Gasteiger partial charge in [0.05, 0.1) is 0 Å². The van der Waals surface area contributed by atoms with Crippen LogP contribution in [0.2, 0.25) is 0 Å². The second-order valence-electron chi connectivity index (χ2n) is 9.31. The van der Waals surface area contributed by atoms with Gasteiger partial charge in [-0.1, -0.05) is 19.1 Å². The Kier molecular flexibility index (Phi) is 7.28. The van der Waals surface area contributed by atoms with Crippen LogP contribution in [-0.4, -0.2) is 42.1 Å². The quantitative estimate of drug-likeness (QED) is 0.713. The van der Waals surface area contributed by atoms with Crippen molar-refractivity contribution in [2.75, 3.05) is 36.0 Å². The van der Waals surface area contributed by atoms with E-state index in [1.807, 2.05) is 6.20 Å². The number of amides is 1. The number of aromatic nitrogens is 2. The summed E-state index contributed by atoms with van der Waals surface area (Å²) in [5.74, 6) is 1.80. The molecule has 4 rings (SSSR count). The minimum absolute atomic E-state index is 0.00253. The molecule has 1 fully saturated rings. The Hall–Kier alpha value is -2.63. The van der Waals surface area contributed by atoms with Crippen LogP contribution in [0.4, 0.5) is 11.6 Å². The van der Waals surface area contributed by atoms with Gasteiger partial charge in [-0.2, -0.15) is 0 Å². The van der Waals surface area contributed by atoms with E-state index < -0.39 is 0 Å². The molecular weight excluding hydrogens is 398 g/mol. The van der Waals surface area contributed by atoms with Gasteiger partial charge >= 0.3 is 0 Å². The Balaban J connectivity index is 1.31. The summed E-state index contributed by atoms with van der Waals surface area (Å²) >= 11 is 0. The molecule has 0 bridgehead atoms. The van der Waals surface area contributed by atoms with E-state index in [9.17, 15) is 4.79 Å². The van der Waals surface area contributed by atoms with Gasteiger partial charge in [-0.15, -0.1) is 0 Å². The largest absolute Gasteiger partial charge is 0.372 e. The maximum Gasteiger partial charge on any atom is 0.225 e. The van der Waals surface area contributed by atoms with Crippen molar-refractivity contribution in [3.8, 4) is 0 Å². The van der Waals surface area contributed by atoms with Crippen LogP contribution in [0, 0.1) is 11.8 Å². The molecule has 1 aromatic heterocycles. The zero-order valence-corrected chi connectivity index (χ0v) is 19.8. The highest BCUT2D eigenvalue weighted by molar-refractivity contribution is 5.79. The van der Waals surface area contributed by atoms with Crippen LogP contribution in [0.1, 0.15) is 56.9 Å². The van der Waals surface area contributed by atoms with Gasteiger partial charge in [0, 0.05) is 56.2 Å². The molecule has 2 aliphatic rings. The number of fused-ring (bicyclic) bond motifs is 1. The van der Waals surface area contributed by atoms with Crippen molar-refractivity contribution in [2.24, 2.45) is 11.8 Å². The molecule has 0 radical (unpaired) electrons. The first-order valence-electron chi connectivity index (χ1n) is 12.3. The average molecular weight is 436 g/mol. The molecular formula is C26H37N5O. The average Bonchev–Trinajstić information content (AvgIpc) is 2.84. The summed E-state index contributed by atoms with van der Waals surface area (Å²) < 4.78 is 0. The van der Waals surface area contributed by atoms with Gasteiger partial charge in [0.15, 0.2) is 0 Å². The summed E-state index contributed by atoms with van der Waals surface area (Å²) in [6.07, 6.45) is 6.82. The fraction of sp³-hybridized carbons (Fsp3) is 0.577. The fourth-order valence-electron chi connectivity index (χ4n) is 4.83. The highest BCUT2D eigenvalue weighted by atomic mass is 16.1. The fourth-order valence-corrected chi connectivity index (χ4v) is 4.83. The van der Waals surface area contributed by atoms with E-state index in [1.165, 1.54) is 18.5 Å². The Morgan fingerprint density at radius 3 is 2.53 bits per heavy atom. The number of nitrogens with zero attached hydrogens (tertiary/aromatic N) is 4. The number of hydrogen-bond donors (Lipinski definition) is 1. The molecule has 1 saturated heterocycles. The molecule has 1 amide bonds. The third kappa shape index (κ3) is 5.22. The number of rotatable bonds is 7. The third-order valence-electron chi connectivity index (χ3n) is 7.11. The number of carbonyl (C=O) groups is 1. The van der Waals surface area contributed by atoms with Gasteiger partial charge in [0.1, 0.15) is 0 Å². The standard InChI is InChI=1S/C26H37N5O/c1-4-30(5-2)23-9-6-20(7-10-23)17-27-25(32)21-8-11-24-22(16-21)18-28-26(29-24)31-14-12-19(3)13-15-31/h6-7,9-10,18-19,21H,4-5,8,11-17H2,1-3H3,(H,27,32)/t21-/m0/s1. The molecule has 6 nitrogen and oxygen atoms in total. The normalized spacial score (nSPS) is 18.8. The summed E-state index contributed by atoms with van der Waals surface area (Å²) in [5, 5.41) is 3.14. The van der Waals surface area contributed by atoms with Crippen LogP contribution in [0.3, 0.4) is 0 Å². The maximum absolute atomic E-state index is 12.8. The SMILES string of the molecule is CCN(CC)c1ccc(CNC(=O)[C@H]2CCc3nc(N4CCC(C)CC4)ncc3C2)cc1. The highest BCUT2D eigenvalue weighted by Gasteiger charge is 2.27. The van der Waals surface area contributed by atoms with E-state index in [4.69, 9.17) is 4.98 Å². The van der Waals surface area contributed by atoms with E-state index in [2.05, 4.69) is 65.1 Å². The van der Waals surface area contributed by atoms with Crippen molar-refractivity contribution in [3.63, 3.8) is 0 Å². The van der Waals surface area contributed by atoms with E-state index in [0.29, 0.717) is 6.54 Å². The lowest BCUT2D eigenvalue weighted by Gasteiger charge is -2.31. The molecule has 172 valence electrons. The van der Waals surface area contributed by atoms with Crippen molar-refractivity contribution >= 4 is 17.5 Å². The first-order chi connectivity index (χ1) is 15.6. The summed E-state index contributed by atoms with van der Waals surface area (Å²) in [6.45, 7) is 11.3. The van der Waals surface area contributed by atoms with E-state index >= 15 is 0 Å². The molecule has 0 unspecified atom stereocenters. The van der Waals surface area contributed by atoms with Gasteiger partial charge < -0.3 is 15.1 Å². The van der Waals surface area contributed by atoms with Crippen LogP contribution < -0.4 is 15.1 Å². The van der Waals surface area contributed by atoms with Gasteiger partial charge in [0.25, 0.3) is 0 Å². The predicted octanol–water partition coefficient (Wildman–Crippen LogP) is 3.98. The van der Waals surface area contributed by atoms with Crippen molar-refractivity contribution < 1.29 is 4.79 Å². The Morgan fingerprint density at radius 2 is 1.84 bits per heavy atom. The monoisotopic (exact) mass is 435 g/mol. The smallest absolute Gasteiger partial charge is 0.225 e. The zero-order chi connectivity index (χ0) is 22.5. The van der Waals surface area contributed by atoms with Crippen LogP contribution >= 0.6 is 0 Å². The number of piperidine rings is 1. The number of anilines is 2. The van der Waals surface area contributed by atoms with E-state index in [1.54, 1.807) is 0 Å². The second-order valence-corrected chi connectivity index (χ2v) is 9.31. The molecule has 1 aliphatic heterocycles. The zero-order valence-electron chi connectivity index (χ0n) is 19.8. The molecule has 0 saturated carbocycles. The molecule has 1 N–H and O–H groups in total. The molecule has 6 heteroatoms. The number of carbonyl (C=O) groups excluding carboxylic acids is 1. The van der Waals surface area contributed by atoms with Crippen molar-refractivity contribution in [3.05, 3.63) is 47.3 Å². The van der Waals surface area contributed by atoms with E-state index in [0.717, 1.165) is 74.1 Å².